The molecule has 2 aromatic carbocycles. The smallest absolute Gasteiger partial charge is 0.744 e. The summed E-state index contributed by atoms with van der Waals surface area (Å²) in [5.41, 5.74) is 0. The van der Waals surface area contributed by atoms with Gasteiger partial charge in [-0.3, -0.25) is 0 Å². The van der Waals surface area contributed by atoms with Crippen molar-refractivity contribution in [2.45, 2.75) is 9.79 Å². The molecule has 0 unspecified atom stereocenters. The zero-order valence-electron chi connectivity index (χ0n) is 12.7. The number of benzene rings is 2. The second-order valence-corrected chi connectivity index (χ2v) is 11.8. The molecule has 0 saturated carbocycles. The Bertz CT molecular complexity index is 926. The van der Waals surface area contributed by atoms with Gasteiger partial charge in [-0.1, -0.05) is 0 Å². The number of phenolic OH excluding ortho intramolecular Hbond substituents is 2. The van der Waals surface area contributed by atoms with Gasteiger partial charge >= 0.3 is 27.7 Å². The molecule has 2 aromatic rings. The Kier molecular flexibility index (Phi) is 12.1. The van der Waals surface area contributed by atoms with Crippen LogP contribution in [0.1, 0.15) is 0 Å². The van der Waals surface area contributed by atoms with Crippen LogP contribution in [-0.2, 0) is 47.9 Å². The van der Waals surface area contributed by atoms with Crippen LogP contribution in [0, 0.1) is 14.3 Å². The average molecular weight is 1050 g/mol. The molecule has 0 saturated heterocycles. The van der Waals surface area contributed by atoms with Gasteiger partial charge in [-0.05, 0) is 115 Å². The summed E-state index contributed by atoms with van der Waals surface area (Å²) in [6.45, 7) is 0. The first-order chi connectivity index (χ1) is 11.6. The Balaban J connectivity index is 0.000000483. The van der Waals surface area contributed by atoms with Gasteiger partial charge in [-0.25, -0.2) is 16.8 Å². The minimum atomic E-state index is -4.44. The first-order valence-electron chi connectivity index (χ1n) is 5.92. The topological polar surface area (TPSA) is 155 Å². The molecule has 144 valence electrons. The van der Waals surface area contributed by atoms with Gasteiger partial charge in [0.15, 0.2) is 0 Å². The molecule has 0 amide bonds. The van der Waals surface area contributed by atoms with Crippen LogP contribution in [-0.4, -0.2) is 36.2 Å². The van der Waals surface area contributed by atoms with Gasteiger partial charge in [0.2, 0.25) is 0 Å². The molecule has 0 atom stereocenters. The maximum Gasteiger partial charge on any atom is 2.00 e. The number of rotatable bonds is 2. The van der Waals surface area contributed by atoms with Crippen LogP contribution in [0.2, 0.25) is 0 Å². The summed E-state index contributed by atoms with van der Waals surface area (Å²) < 4.78 is 65.0. The molecule has 2 rings (SSSR count). The Morgan fingerprint density at radius 1 is 0.630 bits per heavy atom. The molecule has 8 nitrogen and oxygen atoms in total. The SMILES string of the molecule is O=S(=O)([O-])c1cc(I)c(O)c(I)c1.O=S(=O)([O-])c1cc(I)c(O)c(I)c1.[Hg+2]. The molecule has 0 bridgehead atoms. The fourth-order valence-electron chi connectivity index (χ4n) is 1.37. The second-order valence-electron chi connectivity index (χ2n) is 4.38. The van der Waals surface area contributed by atoms with Crippen LogP contribution in [0.5, 0.6) is 11.5 Å². The van der Waals surface area contributed by atoms with Crippen LogP contribution in [0.15, 0.2) is 34.1 Å². The number of hydrogen-bond donors (Lipinski definition) is 2. The van der Waals surface area contributed by atoms with Crippen LogP contribution in [0.4, 0.5) is 0 Å². The summed E-state index contributed by atoms with van der Waals surface area (Å²) in [7, 11) is -8.87. The molecule has 0 aromatic heterocycles. The summed E-state index contributed by atoms with van der Waals surface area (Å²) in [6.07, 6.45) is 0. The Labute approximate surface area is 230 Å². The van der Waals surface area contributed by atoms with E-state index in [2.05, 4.69) is 0 Å². The van der Waals surface area contributed by atoms with E-state index in [9.17, 15) is 36.2 Å². The fourth-order valence-corrected chi connectivity index (χ4v) is 6.80. The molecule has 0 aliphatic carbocycles. The molecule has 0 aliphatic heterocycles. The molecular weight excluding hydrogens is 1040 g/mol. The Morgan fingerprint density at radius 3 is 0.963 bits per heavy atom. The van der Waals surface area contributed by atoms with Crippen LogP contribution in [0.3, 0.4) is 0 Å². The van der Waals surface area contributed by atoms with Crippen molar-refractivity contribution in [2.75, 3.05) is 0 Å². The quantitative estimate of drug-likeness (QED) is 0.265. The summed E-state index contributed by atoms with van der Waals surface area (Å²) in [4.78, 5) is -0.641. The number of phenols is 2. The van der Waals surface area contributed by atoms with Crippen molar-refractivity contribution < 1.29 is 63.8 Å². The van der Waals surface area contributed by atoms with E-state index >= 15 is 0 Å². The minimum Gasteiger partial charge on any atom is -0.744 e. The first kappa shape index (κ1) is 28.7. The molecule has 0 radical (unpaired) electrons. The normalized spacial score (nSPS) is 11.2. The third kappa shape index (κ3) is 8.77. The van der Waals surface area contributed by atoms with Crippen molar-refractivity contribution >= 4 is 111 Å². The van der Waals surface area contributed by atoms with E-state index in [1.807, 2.05) is 0 Å². The van der Waals surface area contributed by atoms with Gasteiger partial charge in [0, 0.05) is 0 Å². The van der Waals surface area contributed by atoms with Crippen molar-refractivity contribution in [3.8, 4) is 11.5 Å². The van der Waals surface area contributed by atoms with Crippen molar-refractivity contribution in [1.82, 2.24) is 0 Å². The third-order valence-electron chi connectivity index (χ3n) is 2.56. The Hall–Kier alpha value is 1.72. The van der Waals surface area contributed by atoms with Gasteiger partial charge in [-0.15, -0.1) is 0 Å². The van der Waals surface area contributed by atoms with Gasteiger partial charge < -0.3 is 19.3 Å². The second kappa shape index (κ2) is 11.4. The predicted molar refractivity (Wildman–Crippen MR) is 123 cm³/mol. The van der Waals surface area contributed by atoms with E-state index < -0.39 is 20.2 Å². The zero-order valence-corrected chi connectivity index (χ0v) is 28.4. The van der Waals surface area contributed by atoms with Crippen LogP contribution >= 0.6 is 90.4 Å². The maximum absolute atomic E-state index is 10.6. The van der Waals surface area contributed by atoms with E-state index in [1.165, 1.54) is 0 Å². The van der Waals surface area contributed by atoms with E-state index in [1.54, 1.807) is 90.4 Å². The molecule has 0 aliphatic rings. The molecule has 0 fully saturated rings. The van der Waals surface area contributed by atoms with E-state index in [-0.39, 0.29) is 49.0 Å². The van der Waals surface area contributed by atoms with Gasteiger partial charge in [0.05, 0.1) is 24.1 Å². The molecule has 27 heavy (non-hydrogen) atoms. The van der Waals surface area contributed by atoms with Crippen molar-refractivity contribution in [1.29, 1.82) is 0 Å². The van der Waals surface area contributed by atoms with Gasteiger partial charge in [0.1, 0.15) is 31.7 Å². The Morgan fingerprint density at radius 2 is 0.815 bits per heavy atom. The van der Waals surface area contributed by atoms with E-state index in [4.69, 9.17) is 0 Å². The molecule has 0 heterocycles. The molecule has 2 N–H and O–H groups in total. The number of hydrogen-bond acceptors (Lipinski definition) is 8. The van der Waals surface area contributed by atoms with E-state index in [0.29, 0.717) is 14.3 Å². The van der Waals surface area contributed by atoms with Gasteiger partial charge in [0.25, 0.3) is 0 Å². The van der Waals surface area contributed by atoms with Crippen LogP contribution in [0.25, 0.3) is 0 Å². The summed E-state index contributed by atoms with van der Waals surface area (Å²) in [5, 5.41) is 18.6. The van der Waals surface area contributed by atoms with E-state index in [0.717, 1.165) is 24.3 Å². The summed E-state index contributed by atoms with van der Waals surface area (Å²) in [6, 6.07) is 4.56. The number of halogens is 4. The minimum absolute atomic E-state index is 0. The fraction of sp³-hybridized carbons (Fsp3) is 0. The zero-order chi connectivity index (χ0) is 20.4. The number of aromatic hydroxyl groups is 2. The summed E-state index contributed by atoms with van der Waals surface area (Å²) in [5.74, 6) is -0.0119. The third-order valence-corrected chi connectivity index (χ3v) is 7.47. The predicted octanol–water partition coefficient (Wildman–Crippen LogP) is 3.01. The maximum atomic E-state index is 10.6. The average Bonchev–Trinajstić information content (AvgIpc) is 2.48. The largest absolute Gasteiger partial charge is 2.00 e. The molecule has 15 heteroatoms. The van der Waals surface area contributed by atoms with Crippen molar-refractivity contribution in [2.24, 2.45) is 0 Å². The first-order valence-corrected chi connectivity index (χ1v) is 13.1. The van der Waals surface area contributed by atoms with Crippen LogP contribution < -0.4 is 0 Å². The monoisotopic (exact) mass is 1050 g/mol. The summed E-state index contributed by atoms with van der Waals surface area (Å²) >= 11 is 7.03. The molecular formula is C12H6HgI4O8S2. The van der Waals surface area contributed by atoms with Gasteiger partial charge in [-0.2, -0.15) is 0 Å². The van der Waals surface area contributed by atoms with Crippen molar-refractivity contribution in [3.05, 3.63) is 38.5 Å². The standard InChI is InChI=1S/2C6H4I2O4S.Hg/c2*7-4-1-3(13(10,11)12)2-5(8)6(4)9;/h2*1-2,9H,(H,10,11,12);/q;;+2/p-2. The van der Waals surface area contributed by atoms with Crippen molar-refractivity contribution in [3.63, 3.8) is 0 Å². The molecule has 0 spiro atoms.